The Morgan fingerprint density at radius 1 is 1.08 bits per heavy atom. The Balaban J connectivity index is 1.07. The van der Waals surface area contributed by atoms with Gasteiger partial charge in [0.2, 0.25) is 11.8 Å². The van der Waals surface area contributed by atoms with Gasteiger partial charge in [-0.2, -0.15) is 0 Å². The third-order valence-corrected chi connectivity index (χ3v) is 10.0. The van der Waals surface area contributed by atoms with Crippen molar-refractivity contribution in [3.8, 4) is 0 Å². The number of hydrogen-bond acceptors (Lipinski definition) is 10. The van der Waals surface area contributed by atoms with E-state index in [1.165, 1.54) is 30.1 Å². The molecule has 0 radical (unpaired) electrons. The summed E-state index contributed by atoms with van der Waals surface area (Å²) in [7, 11) is 0. The molecular formula is C36H49N3O10. The highest BCUT2D eigenvalue weighted by Gasteiger charge is 2.58. The first-order chi connectivity index (χ1) is 23.2. The zero-order valence-corrected chi connectivity index (χ0v) is 28.8. The highest BCUT2D eigenvalue weighted by Crippen LogP contribution is 2.43. The second-order valence-corrected chi connectivity index (χ2v) is 14.1. The Kier molecular flexibility index (Phi) is 11.6. The largest absolute Gasteiger partial charge is 0.459 e. The van der Waals surface area contributed by atoms with Gasteiger partial charge in [0, 0.05) is 43.7 Å². The molecule has 0 bridgehead atoms. The number of nitrogens with zero attached hydrogens (tertiary/aromatic N) is 1. The first kappa shape index (κ1) is 36.6. The summed E-state index contributed by atoms with van der Waals surface area (Å²) in [5.41, 5.74) is 0.252. The number of allylic oxidation sites excluding steroid dienone is 2. The molecule has 9 atom stereocenters. The predicted molar refractivity (Wildman–Crippen MR) is 176 cm³/mol. The van der Waals surface area contributed by atoms with Crippen molar-refractivity contribution >= 4 is 29.6 Å². The number of aliphatic hydroxyl groups excluding tert-OH is 1. The Bertz CT molecular complexity index is 1390. The third kappa shape index (κ3) is 9.33. The fraction of sp³-hybridized carbons (Fsp3) is 0.639. The molecule has 4 amide bonds. The molecule has 1 saturated carbocycles. The van der Waals surface area contributed by atoms with Gasteiger partial charge >= 0.3 is 5.97 Å². The zero-order chi connectivity index (χ0) is 35.5. The van der Waals surface area contributed by atoms with Crippen LogP contribution in [-0.4, -0.2) is 107 Å². The molecule has 0 aromatic carbocycles. The first-order valence-corrected chi connectivity index (χ1v) is 17.2. The Morgan fingerprint density at radius 2 is 1.78 bits per heavy atom. The number of carbonyl (C=O) groups excluding carboxylic acids is 5. The van der Waals surface area contributed by atoms with Gasteiger partial charge in [-0.15, -0.1) is 0 Å². The number of epoxide rings is 1. The average molecular weight is 684 g/mol. The van der Waals surface area contributed by atoms with Crippen molar-refractivity contribution in [3.05, 3.63) is 48.1 Å². The van der Waals surface area contributed by atoms with Crippen LogP contribution in [0.5, 0.6) is 0 Å². The zero-order valence-electron chi connectivity index (χ0n) is 28.8. The summed E-state index contributed by atoms with van der Waals surface area (Å²) in [6, 6.07) is -0.462. The molecule has 1 aliphatic carbocycles. The standard InChI is InChI=1S/C36H49N3O10/c1-20(6-9-29-21(2)14-28(23(4)48-29)38-31(41)11-8-22(3)47-24(5)40)7-10-30-35(45)36(19-46-36)18-27(49-30)17-32(42)37-25-15-26(16-25)39-33(43)12-13-34(39)44/h6-8,10-13,21-23,25-30,35,45H,9,14-19H2,1-5H3,(H,37,42)(H,38,41)/t21-,22-,23+,25-,26-,27+,28+,29-,30+,35+,36+/m0/s1. The molecule has 4 heterocycles. The van der Waals surface area contributed by atoms with Crippen LogP contribution in [0.4, 0.5) is 0 Å². The van der Waals surface area contributed by atoms with Crippen molar-refractivity contribution in [2.24, 2.45) is 5.92 Å². The lowest BCUT2D eigenvalue weighted by molar-refractivity contribution is -0.146. The lowest BCUT2D eigenvalue weighted by Gasteiger charge is -2.41. The van der Waals surface area contributed by atoms with E-state index in [0.29, 0.717) is 32.3 Å². The maximum absolute atomic E-state index is 12.9. The number of hydrogen-bond donors (Lipinski definition) is 3. The van der Waals surface area contributed by atoms with Gasteiger partial charge in [-0.05, 0) is 58.4 Å². The van der Waals surface area contributed by atoms with E-state index in [-0.39, 0.29) is 66.3 Å². The molecule has 3 saturated heterocycles. The van der Waals surface area contributed by atoms with Crippen molar-refractivity contribution in [2.45, 2.75) is 133 Å². The van der Waals surface area contributed by atoms with Gasteiger partial charge in [-0.25, -0.2) is 0 Å². The molecule has 13 nitrogen and oxygen atoms in total. The molecule has 4 aliphatic heterocycles. The topological polar surface area (TPSA) is 173 Å². The van der Waals surface area contributed by atoms with Crippen LogP contribution in [0.25, 0.3) is 0 Å². The number of aliphatic hydroxyl groups is 1. The van der Waals surface area contributed by atoms with Gasteiger partial charge in [0.05, 0.1) is 37.4 Å². The summed E-state index contributed by atoms with van der Waals surface area (Å²) in [6.45, 7) is 9.43. The second kappa shape index (κ2) is 15.5. The maximum atomic E-state index is 12.9. The highest BCUT2D eigenvalue weighted by atomic mass is 16.6. The van der Waals surface area contributed by atoms with Crippen molar-refractivity contribution in [1.82, 2.24) is 15.5 Å². The third-order valence-electron chi connectivity index (χ3n) is 10.0. The molecule has 0 aromatic rings. The minimum absolute atomic E-state index is 0.0347. The van der Waals surface area contributed by atoms with Crippen LogP contribution in [0.1, 0.15) is 73.1 Å². The fourth-order valence-electron chi connectivity index (χ4n) is 7.07. The van der Waals surface area contributed by atoms with Gasteiger partial charge in [-0.1, -0.05) is 30.7 Å². The molecule has 13 heteroatoms. The number of ether oxygens (including phenoxy) is 4. The average Bonchev–Trinajstić information content (AvgIpc) is 3.71. The molecule has 5 rings (SSSR count). The summed E-state index contributed by atoms with van der Waals surface area (Å²) in [6.07, 6.45) is 11.6. The molecule has 3 N–H and O–H groups in total. The summed E-state index contributed by atoms with van der Waals surface area (Å²) in [4.78, 5) is 61.4. The number of carbonyl (C=O) groups is 5. The molecule has 0 unspecified atom stereocenters. The Hall–Kier alpha value is -3.65. The monoisotopic (exact) mass is 683 g/mol. The van der Waals surface area contributed by atoms with Gasteiger partial charge in [0.15, 0.2) is 0 Å². The Morgan fingerprint density at radius 3 is 2.43 bits per heavy atom. The summed E-state index contributed by atoms with van der Waals surface area (Å²) in [5, 5.41) is 17.0. The van der Waals surface area contributed by atoms with Crippen molar-refractivity contribution in [2.75, 3.05) is 6.61 Å². The van der Waals surface area contributed by atoms with Gasteiger partial charge in [0.25, 0.3) is 11.8 Å². The van der Waals surface area contributed by atoms with E-state index < -0.39 is 36.0 Å². The lowest BCUT2D eigenvalue weighted by atomic mass is 9.84. The minimum Gasteiger partial charge on any atom is -0.459 e. The van der Waals surface area contributed by atoms with Crippen molar-refractivity contribution in [1.29, 1.82) is 0 Å². The molecule has 5 aliphatic rings. The summed E-state index contributed by atoms with van der Waals surface area (Å²) in [5.74, 6) is -1.28. The quantitative estimate of drug-likeness (QED) is 0.0908. The molecule has 268 valence electrons. The number of rotatable bonds is 12. The van der Waals surface area contributed by atoms with E-state index in [0.717, 1.165) is 12.0 Å². The molecule has 4 fully saturated rings. The van der Waals surface area contributed by atoms with Crippen LogP contribution in [0.15, 0.2) is 48.1 Å². The molecular weight excluding hydrogens is 634 g/mol. The Labute approximate surface area is 287 Å². The van der Waals surface area contributed by atoms with E-state index >= 15 is 0 Å². The number of imide groups is 1. The first-order valence-electron chi connectivity index (χ1n) is 17.2. The normalized spacial score (nSPS) is 36.7. The summed E-state index contributed by atoms with van der Waals surface area (Å²) >= 11 is 0. The van der Waals surface area contributed by atoms with Crippen LogP contribution in [0.2, 0.25) is 0 Å². The van der Waals surface area contributed by atoms with Gasteiger partial charge < -0.3 is 34.7 Å². The highest BCUT2D eigenvalue weighted by molar-refractivity contribution is 6.13. The predicted octanol–water partition coefficient (Wildman–Crippen LogP) is 1.93. The van der Waals surface area contributed by atoms with Crippen LogP contribution in [-0.2, 0) is 42.9 Å². The molecule has 0 aromatic heterocycles. The van der Waals surface area contributed by atoms with E-state index in [1.807, 2.05) is 26.0 Å². The van der Waals surface area contributed by atoms with Crippen LogP contribution >= 0.6 is 0 Å². The lowest BCUT2D eigenvalue weighted by Crippen LogP contribution is -2.56. The van der Waals surface area contributed by atoms with Crippen LogP contribution in [0.3, 0.4) is 0 Å². The van der Waals surface area contributed by atoms with Crippen LogP contribution < -0.4 is 10.6 Å². The van der Waals surface area contributed by atoms with E-state index in [1.54, 1.807) is 13.0 Å². The van der Waals surface area contributed by atoms with E-state index in [4.69, 9.17) is 18.9 Å². The SMILES string of the molecule is CC(=O)O[C@@H](C)C=CC(=O)N[C@@H]1C[C@H](C)[C@H](CC=C(C)C=C[C@H]2O[C@H](CC(=O)N[C@H]3C[C@H](N4C(=O)C=CC4=O)C3)C[C@@]3(CO3)[C@@H]2O)O[C@@H]1C. The number of nitrogens with one attached hydrogen (secondary N) is 2. The minimum atomic E-state index is -0.859. The second-order valence-electron chi connectivity index (χ2n) is 14.1. The molecule has 1 spiro atoms. The maximum Gasteiger partial charge on any atom is 0.303 e. The number of esters is 1. The molecule has 49 heavy (non-hydrogen) atoms. The van der Waals surface area contributed by atoms with Gasteiger partial charge in [0.1, 0.15) is 23.9 Å². The van der Waals surface area contributed by atoms with Crippen molar-refractivity contribution in [3.63, 3.8) is 0 Å². The fourth-order valence-corrected chi connectivity index (χ4v) is 7.07. The van der Waals surface area contributed by atoms with Crippen LogP contribution in [0, 0.1) is 5.92 Å². The van der Waals surface area contributed by atoms with E-state index in [2.05, 4.69) is 23.6 Å². The van der Waals surface area contributed by atoms with E-state index in [9.17, 15) is 29.1 Å². The summed E-state index contributed by atoms with van der Waals surface area (Å²) < 4.78 is 23.2. The van der Waals surface area contributed by atoms with Gasteiger partial charge in [-0.3, -0.25) is 28.9 Å². The smallest absolute Gasteiger partial charge is 0.303 e. The number of amides is 4. The van der Waals surface area contributed by atoms with Crippen molar-refractivity contribution < 1.29 is 48.0 Å².